The fourth-order valence-electron chi connectivity index (χ4n) is 5.93. The number of aromatic nitrogens is 4. The highest BCUT2D eigenvalue weighted by Crippen LogP contribution is 2.38. The second kappa shape index (κ2) is 16.3. The number of fused-ring (bicyclic) bond motifs is 1. The molecule has 0 saturated carbocycles. The molecule has 1 unspecified atom stereocenters. The monoisotopic (exact) mass is 772 g/mol. The maximum absolute atomic E-state index is 13.2. The standard InChI is InChI=1S/C42H60N6O4SSi/c1-13-16-36(46-53(50)41(5,6)7)35-19-15-18-34(45-35)30-25-32(29-21-23-47(24-22-29)39(49)52-40(2,3)4)33-27-43-48(37(33)26-30)38-20-14-17-31(44-38)28-51-54(11,12)42(8,9)10/h14-15,17-21,25-27,36,46H,13,16,22-24,28H2,1-12H3/t36-,53?/m1/s1. The molecule has 0 radical (unpaired) electrons. The lowest BCUT2D eigenvalue weighted by Crippen LogP contribution is -2.41. The Morgan fingerprint density at radius 2 is 1.74 bits per heavy atom. The zero-order chi connectivity index (χ0) is 39.6. The van der Waals surface area contributed by atoms with Crippen LogP contribution in [0.1, 0.15) is 111 Å². The number of pyridine rings is 2. The van der Waals surface area contributed by atoms with E-state index in [0.29, 0.717) is 31.9 Å². The van der Waals surface area contributed by atoms with Crippen LogP contribution in [0.15, 0.2) is 60.8 Å². The average molecular weight is 773 g/mol. The van der Waals surface area contributed by atoms with Crippen molar-refractivity contribution >= 4 is 42.2 Å². The second-order valence-electron chi connectivity index (χ2n) is 17.7. The first-order valence-electron chi connectivity index (χ1n) is 19.1. The third-order valence-electron chi connectivity index (χ3n) is 10.1. The lowest BCUT2D eigenvalue weighted by molar-refractivity contribution is 0.0270. The molecule has 0 saturated heterocycles. The fraction of sp³-hybridized carbons (Fsp3) is 0.524. The smallest absolute Gasteiger partial charge is 0.410 e. The highest BCUT2D eigenvalue weighted by atomic mass is 32.2. The zero-order valence-corrected chi connectivity index (χ0v) is 36.2. The topological polar surface area (TPSA) is 117 Å². The number of hydrogen-bond acceptors (Lipinski definition) is 8. The average Bonchev–Trinajstić information content (AvgIpc) is 3.53. The summed E-state index contributed by atoms with van der Waals surface area (Å²) in [6, 6.07) is 16.2. The van der Waals surface area contributed by atoms with Crippen LogP contribution in [0.25, 0.3) is 33.6 Å². The van der Waals surface area contributed by atoms with Crippen molar-refractivity contribution in [1.82, 2.24) is 29.4 Å². The first-order valence-corrected chi connectivity index (χ1v) is 23.2. The van der Waals surface area contributed by atoms with Crippen LogP contribution in [-0.2, 0) is 27.1 Å². The van der Waals surface area contributed by atoms with Crippen LogP contribution < -0.4 is 4.72 Å². The largest absolute Gasteiger partial charge is 0.598 e. The Balaban J connectivity index is 1.58. The minimum Gasteiger partial charge on any atom is -0.598 e. The molecule has 1 amide bonds. The molecule has 1 N–H and O–H groups in total. The number of benzene rings is 1. The van der Waals surface area contributed by atoms with Crippen molar-refractivity contribution in [2.45, 2.75) is 130 Å². The van der Waals surface area contributed by atoms with Crippen molar-refractivity contribution in [1.29, 1.82) is 0 Å². The van der Waals surface area contributed by atoms with Gasteiger partial charge in [-0.25, -0.2) is 14.5 Å². The Kier molecular flexibility index (Phi) is 12.5. The molecule has 12 heteroatoms. The van der Waals surface area contributed by atoms with Gasteiger partial charge in [0.2, 0.25) is 0 Å². The molecule has 3 aromatic heterocycles. The van der Waals surface area contributed by atoms with E-state index in [0.717, 1.165) is 57.5 Å². The summed E-state index contributed by atoms with van der Waals surface area (Å²) in [5.74, 6) is 0.705. The SMILES string of the molecule is CCC[C@@H](N[S+]([O-])C(C)(C)C)c1cccc(-c2cc(C3=CCN(C(=O)OC(C)(C)C)CC3)c3cnn(-c4cccc(CO[Si](C)(C)C(C)(C)C)n4)c3c2)n1. The summed E-state index contributed by atoms with van der Waals surface area (Å²) >= 11 is -1.25. The quantitative estimate of drug-likeness (QED) is 0.118. The summed E-state index contributed by atoms with van der Waals surface area (Å²) in [5.41, 5.74) is 5.96. The lowest BCUT2D eigenvalue weighted by Gasteiger charge is -2.36. The molecule has 4 aromatic rings. The Hall–Kier alpha value is -3.55. The number of carbonyl (C=O) groups is 1. The summed E-state index contributed by atoms with van der Waals surface area (Å²) in [6.45, 7) is 26.4. The van der Waals surface area contributed by atoms with Gasteiger partial charge in [-0.05, 0) is 120 Å². The lowest BCUT2D eigenvalue weighted by atomic mass is 9.93. The predicted molar refractivity (Wildman–Crippen MR) is 223 cm³/mol. The molecule has 10 nitrogen and oxygen atoms in total. The predicted octanol–water partition coefficient (Wildman–Crippen LogP) is 9.92. The van der Waals surface area contributed by atoms with E-state index in [1.807, 2.05) is 88.8 Å². The summed E-state index contributed by atoms with van der Waals surface area (Å²) in [5, 5.41) is 5.98. The van der Waals surface area contributed by atoms with E-state index < -0.39 is 30.0 Å². The minimum atomic E-state index is -1.98. The van der Waals surface area contributed by atoms with Gasteiger partial charge in [-0.3, -0.25) is 4.98 Å². The highest BCUT2D eigenvalue weighted by molar-refractivity contribution is 7.90. The molecule has 4 heterocycles. The van der Waals surface area contributed by atoms with Crippen molar-refractivity contribution in [2.75, 3.05) is 13.1 Å². The number of nitrogens with zero attached hydrogens (tertiary/aromatic N) is 5. The first-order chi connectivity index (χ1) is 25.2. The molecule has 292 valence electrons. The van der Waals surface area contributed by atoms with Crippen molar-refractivity contribution in [3.63, 3.8) is 0 Å². The third-order valence-corrected chi connectivity index (χ3v) is 16.2. The third kappa shape index (κ3) is 10.00. The number of amides is 1. The molecule has 0 aliphatic carbocycles. The van der Waals surface area contributed by atoms with Crippen LogP contribution >= 0.6 is 0 Å². The van der Waals surface area contributed by atoms with Crippen molar-refractivity contribution in [2.24, 2.45) is 0 Å². The van der Waals surface area contributed by atoms with E-state index >= 15 is 0 Å². The molecule has 2 atom stereocenters. The van der Waals surface area contributed by atoms with Gasteiger partial charge in [-0.2, -0.15) is 5.10 Å². The van der Waals surface area contributed by atoms with Gasteiger partial charge in [0.05, 0.1) is 41.4 Å². The number of nitrogens with one attached hydrogen (secondary N) is 1. The molecule has 0 bridgehead atoms. The van der Waals surface area contributed by atoms with Crippen LogP contribution in [0.2, 0.25) is 18.1 Å². The molecule has 1 aliphatic rings. The van der Waals surface area contributed by atoms with Gasteiger partial charge in [-0.15, -0.1) is 4.72 Å². The van der Waals surface area contributed by atoms with Gasteiger partial charge in [-0.1, -0.05) is 52.3 Å². The zero-order valence-electron chi connectivity index (χ0n) is 34.4. The van der Waals surface area contributed by atoms with Crippen LogP contribution in [0, 0.1) is 0 Å². The number of carbonyl (C=O) groups excluding carboxylic acids is 1. The van der Waals surface area contributed by atoms with Gasteiger partial charge in [0, 0.05) is 35.4 Å². The number of rotatable bonds is 11. The molecule has 0 fully saturated rings. The maximum atomic E-state index is 13.2. The van der Waals surface area contributed by atoms with E-state index in [2.05, 4.69) is 63.7 Å². The van der Waals surface area contributed by atoms with Crippen LogP contribution in [0.4, 0.5) is 4.79 Å². The molecule has 0 spiro atoms. The minimum absolute atomic E-state index is 0.0922. The van der Waals surface area contributed by atoms with Gasteiger partial charge in [0.15, 0.2) is 14.1 Å². The van der Waals surface area contributed by atoms with Gasteiger partial charge in [0.1, 0.15) is 10.3 Å². The Labute approximate surface area is 326 Å². The van der Waals surface area contributed by atoms with E-state index in [1.54, 1.807) is 4.90 Å². The number of hydrogen-bond donors (Lipinski definition) is 1. The van der Waals surface area contributed by atoms with E-state index in [-0.39, 0.29) is 17.2 Å². The summed E-state index contributed by atoms with van der Waals surface area (Å²) in [7, 11) is -1.98. The van der Waals surface area contributed by atoms with Crippen LogP contribution in [-0.4, -0.2) is 67.0 Å². The molecular weight excluding hydrogens is 713 g/mol. The summed E-state index contributed by atoms with van der Waals surface area (Å²) < 4.78 is 30.2. The molecule has 5 rings (SSSR count). The second-order valence-corrected chi connectivity index (χ2v) is 24.5. The molecule has 1 aliphatic heterocycles. The molecule has 54 heavy (non-hydrogen) atoms. The molecule has 1 aromatic carbocycles. The van der Waals surface area contributed by atoms with Crippen LogP contribution in [0.3, 0.4) is 0 Å². The van der Waals surface area contributed by atoms with Crippen molar-refractivity contribution < 1.29 is 18.5 Å². The fourth-order valence-corrected chi connectivity index (χ4v) is 7.73. The van der Waals surface area contributed by atoms with E-state index in [9.17, 15) is 9.35 Å². The van der Waals surface area contributed by atoms with E-state index in [4.69, 9.17) is 24.2 Å². The van der Waals surface area contributed by atoms with Gasteiger partial charge in [0.25, 0.3) is 0 Å². The van der Waals surface area contributed by atoms with Crippen molar-refractivity contribution in [3.05, 3.63) is 77.8 Å². The highest BCUT2D eigenvalue weighted by Gasteiger charge is 2.37. The Morgan fingerprint density at radius 3 is 2.37 bits per heavy atom. The summed E-state index contributed by atoms with van der Waals surface area (Å²) in [6.07, 6.45) is 6.10. The van der Waals surface area contributed by atoms with Crippen molar-refractivity contribution in [3.8, 4) is 17.1 Å². The van der Waals surface area contributed by atoms with Gasteiger partial charge >= 0.3 is 6.09 Å². The Bertz CT molecular complexity index is 1970. The first kappa shape index (κ1) is 41.6. The Morgan fingerprint density at radius 1 is 1.02 bits per heavy atom. The van der Waals surface area contributed by atoms with Gasteiger partial charge < -0.3 is 18.6 Å². The molecular formula is C42H60N6O4SSi. The summed E-state index contributed by atoms with van der Waals surface area (Å²) in [4.78, 5) is 24.9. The normalized spacial score (nSPS) is 15.6. The van der Waals surface area contributed by atoms with E-state index in [1.165, 1.54) is 0 Å². The van der Waals surface area contributed by atoms with Crippen LogP contribution in [0.5, 0.6) is 0 Å². The maximum Gasteiger partial charge on any atom is 0.410 e. The number of ether oxygens (including phenoxy) is 1.